The number of ether oxygens (including phenoxy) is 1. The number of cyclic esters (lactones) is 1. The monoisotopic (exact) mass is 302 g/mol. The van der Waals surface area contributed by atoms with Crippen LogP contribution in [0.3, 0.4) is 0 Å². The third-order valence-electron chi connectivity index (χ3n) is 3.48. The zero-order chi connectivity index (χ0) is 15.9. The van der Waals surface area contributed by atoms with Crippen LogP contribution in [-0.4, -0.2) is 34.9 Å². The topological polar surface area (TPSA) is 83.8 Å². The van der Waals surface area contributed by atoms with Gasteiger partial charge in [0.2, 0.25) is 6.29 Å². The van der Waals surface area contributed by atoms with Crippen LogP contribution in [0.1, 0.15) is 18.4 Å². The second-order valence-corrected chi connectivity index (χ2v) is 5.07. The van der Waals surface area contributed by atoms with Gasteiger partial charge in [0.05, 0.1) is 6.10 Å². The van der Waals surface area contributed by atoms with Crippen molar-refractivity contribution in [1.29, 1.82) is 0 Å². The summed E-state index contributed by atoms with van der Waals surface area (Å²) in [5, 5.41) is 19.4. The Hall–Kier alpha value is -2.24. The first-order valence-corrected chi connectivity index (χ1v) is 7.06. The molecule has 116 valence electrons. The van der Waals surface area contributed by atoms with E-state index in [-0.39, 0.29) is 12.0 Å². The van der Waals surface area contributed by atoms with Crippen molar-refractivity contribution in [1.82, 2.24) is 0 Å². The lowest BCUT2D eigenvalue weighted by Gasteiger charge is -2.12. The van der Waals surface area contributed by atoms with Crippen LogP contribution >= 0.6 is 0 Å². The number of aliphatic hydroxyl groups is 2. The molecule has 0 aromatic heterocycles. The summed E-state index contributed by atoms with van der Waals surface area (Å²) in [6, 6.07) is 9.78. The predicted molar refractivity (Wildman–Crippen MR) is 79.7 cm³/mol. The molecule has 2 N–H and O–H groups in total. The Morgan fingerprint density at radius 1 is 1.32 bits per heavy atom. The van der Waals surface area contributed by atoms with E-state index in [2.05, 4.69) is 4.74 Å². The van der Waals surface area contributed by atoms with E-state index >= 15 is 0 Å². The van der Waals surface area contributed by atoms with Gasteiger partial charge in [-0.2, -0.15) is 0 Å². The molecule has 1 heterocycles. The number of carbonyl (C=O) groups excluding carboxylic acids is 2. The predicted octanol–water partition coefficient (Wildman–Crippen LogP) is 1.30. The number of rotatable bonds is 7. The fourth-order valence-corrected chi connectivity index (χ4v) is 2.22. The molecule has 0 spiro atoms. The number of benzene rings is 1. The molecule has 2 unspecified atom stereocenters. The number of aldehydes is 1. The molecule has 5 nitrogen and oxygen atoms in total. The molecule has 1 aromatic rings. The number of aliphatic hydroxyl groups excluding tert-OH is 2. The lowest BCUT2D eigenvalue weighted by Crippen LogP contribution is -2.20. The van der Waals surface area contributed by atoms with Crippen LogP contribution in [-0.2, 0) is 20.7 Å². The number of allylic oxidation sites excluding steroid dienone is 1. The molecule has 0 aliphatic carbocycles. The zero-order valence-corrected chi connectivity index (χ0v) is 12.0. The van der Waals surface area contributed by atoms with Gasteiger partial charge in [0.15, 0.2) is 0 Å². The highest BCUT2D eigenvalue weighted by molar-refractivity contribution is 5.85. The van der Waals surface area contributed by atoms with Crippen molar-refractivity contribution in [2.75, 3.05) is 0 Å². The van der Waals surface area contributed by atoms with Gasteiger partial charge in [-0.25, -0.2) is 4.79 Å². The van der Waals surface area contributed by atoms with E-state index in [0.29, 0.717) is 12.0 Å². The van der Waals surface area contributed by atoms with Gasteiger partial charge < -0.3 is 14.9 Å². The average molecular weight is 302 g/mol. The minimum Gasteiger partial charge on any atom is -0.429 e. The van der Waals surface area contributed by atoms with E-state index in [1.54, 1.807) is 6.08 Å². The standard InChI is InChI=1S/C17H18O5/c18-11-13(7-6-12-4-2-1-3-5-12)8-9-15(19)14-10-16(20)22-17(14)21/h1-5,8,10-11,15,17,19,21H,6-7,9H2/b13-8-. The van der Waals surface area contributed by atoms with E-state index in [1.165, 1.54) is 0 Å². The summed E-state index contributed by atoms with van der Waals surface area (Å²) in [7, 11) is 0. The van der Waals surface area contributed by atoms with Gasteiger partial charge in [-0.3, -0.25) is 4.79 Å². The molecule has 1 aliphatic heterocycles. The minimum atomic E-state index is -1.40. The summed E-state index contributed by atoms with van der Waals surface area (Å²) in [5.41, 5.74) is 1.82. The molecule has 0 amide bonds. The summed E-state index contributed by atoms with van der Waals surface area (Å²) >= 11 is 0. The van der Waals surface area contributed by atoms with Crippen molar-refractivity contribution >= 4 is 12.3 Å². The molecule has 0 bridgehead atoms. The molecule has 2 atom stereocenters. The molecule has 5 heteroatoms. The van der Waals surface area contributed by atoms with Gasteiger partial charge in [-0.05, 0) is 30.4 Å². The maximum absolute atomic E-state index is 11.1. The maximum Gasteiger partial charge on any atom is 0.333 e. The summed E-state index contributed by atoms with van der Waals surface area (Å²) in [5.74, 6) is -0.676. The number of esters is 1. The quantitative estimate of drug-likeness (QED) is 0.450. The van der Waals surface area contributed by atoms with Crippen LogP contribution in [0.2, 0.25) is 0 Å². The van der Waals surface area contributed by atoms with Crippen LogP contribution in [0, 0.1) is 0 Å². The van der Waals surface area contributed by atoms with Crippen molar-refractivity contribution in [3.8, 4) is 0 Å². The first-order valence-electron chi connectivity index (χ1n) is 7.06. The van der Waals surface area contributed by atoms with Crippen LogP contribution in [0.15, 0.2) is 53.6 Å². The normalized spacial score (nSPS) is 19.5. The third kappa shape index (κ3) is 4.38. The van der Waals surface area contributed by atoms with Crippen LogP contribution in [0.25, 0.3) is 0 Å². The van der Waals surface area contributed by atoms with Gasteiger partial charge >= 0.3 is 5.97 Å². The summed E-state index contributed by atoms with van der Waals surface area (Å²) < 4.78 is 4.51. The first kappa shape index (κ1) is 16.1. The number of hydrogen-bond donors (Lipinski definition) is 2. The number of hydrogen-bond acceptors (Lipinski definition) is 5. The highest BCUT2D eigenvalue weighted by Crippen LogP contribution is 2.20. The van der Waals surface area contributed by atoms with Crippen molar-refractivity contribution in [2.45, 2.75) is 31.7 Å². The van der Waals surface area contributed by atoms with E-state index in [4.69, 9.17) is 0 Å². The minimum absolute atomic E-state index is 0.120. The average Bonchev–Trinajstić information content (AvgIpc) is 2.87. The molecular formula is C17H18O5. The lowest BCUT2D eigenvalue weighted by atomic mass is 10.0. The summed E-state index contributed by atoms with van der Waals surface area (Å²) in [6.45, 7) is 0. The fourth-order valence-electron chi connectivity index (χ4n) is 2.22. The molecule has 1 aromatic carbocycles. The van der Waals surface area contributed by atoms with E-state index in [9.17, 15) is 19.8 Å². The fraction of sp³-hybridized carbons (Fsp3) is 0.294. The Morgan fingerprint density at radius 2 is 2.05 bits per heavy atom. The van der Waals surface area contributed by atoms with Crippen LogP contribution in [0.5, 0.6) is 0 Å². The van der Waals surface area contributed by atoms with E-state index in [0.717, 1.165) is 24.3 Å². The first-order chi connectivity index (χ1) is 10.6. The zero-order valence-electron chi connectivity index (χ0n) is 12.0. The summed E-state index contributed by atoms with van der Waals surface area (Å²) in [4.78, 5) is 22.1. The van der Waals surface area contributed by atoms with Crippen molar-refractivity contribution in [3.63, 3.8) is 0 Å². The van der Waals surface area contributed by atoms with Crippen molar-refractivity contribution < 1.29 is 24.5 Å². The SMILES string of the molecule is O=C/C(=C\CC(O)C1=CC(=O)OC1O)CCc1ccccc1. The molecule has 0 fully saturated rings. The van der Waals surface area contributed by atoms with Crippen LogP contribution in [0.4, 0.5) is 0 Å². The van der Waals surface area contributed by atoms with Gasteiger partial charge in [0.1, 0.15) is 6.29 Å². The summed E-state index contributed by atoms with van der Waals surface area (Å²) in [6.07, 6.45) is 2.45. The van der Waals surface area contributed by atoms with Gasteiger partial charge in [0, 0.05) is 11.6 Å². The Morgan fingerprint density at radius 3 is 2.64 bits per heavy atom. The van der Waals surface area contributed by atoms with E-state index in [1.807, 2.05) is 30.3 Å². The van der Waals surface area contributed by atoms with Gasteiger partial charge in [0.25, 0.3) is 0 Å². The largest absolute Gasteiger partial charge is 0.429 e. The molecule has 1 aliphatic rings. The highest BCUT2D eigenvalue weighted by atomic mass is 16.6. The molecule has 2 rings (SSSR count). The Bertz CT molecular complexity index is 588. The molecule has 22 heavy (non-hydrogen) atoms. The Balaban J connectivity index is 1.90. The van der Waals surface area contributed by atoms with Crippen LogP contribution < -0.4 is 0 Å². The third-order valence-corrected chi connectivity index (χ3v) is 3.48. The Kier molecular flexibility index (Phi) is 5.63. The molecule has 0 radical (unpaired) electrons. The van der Waals surface area contributed by atoms with E-state index < -0.39 is 18.4 Å². The molecule has 0 saturated heterocycles. The lowest BCUT2D eigenvalue weighted by molar-refractivity contribution is -0.151. The van der Waals surface area contributed by atoms with Crippen molar-refractivity contribution in [3.05, 3.63) is 59.2 Å². The maximum atomic E-state index is 11.1. The second kappa shape index (κ2) is 7.68. The molecule has 0 saturated carbocycles. The van der Waals surface area contributed by atoms with Gasteiger partial charge in [-0.1, -0.05) is 36.4 Å². The van der Waals surface area contributed by atoms with Crippen molar-refractivity contribution in [2.24, 2.45) is 0 Å². The van der Waals surface area contributed by atoms with Gasteiger partial charge in [-0.15, -0.1) is 0 Å². The molecular weight excluding hydrogens is 284 g/mol. The smallest absolute Gasteiger partial charge is 0.333 e. The highest BCUT2D eigenvalue weighted by Gasteiger charge is 2.28. The Labute approximate surface area is 128 Å². The second-order valence-electron chi connectivity index (χ2n) is 5.07. The number of aryl methyl sites for hydroxylation is 1. The number of carbonyl (C=O) groups is 2.